The Kier molecular flexibility index (Phi) is 5.64. The van der Waals surface area contributed by atoms with Crippen LogP contribution >= 0.6 is 15.6 Å². The summed E-state index contributed by atoms with van der Waals surface area (Å²) in [5, 5.41) is 28.5. The molecule has 11 nitrogen and oxygen atoms in total. The lowest BCUT2D eigenvalue weighted by Crippen LogP contribution is -2.49. The molecule has 0 heterocycles. The number of phosphoric acid groups is 2. The van der Waals surface area contributed by atoms with E-state index in [1.807, 2.05) is 0 Å². The number of hydrogen-bond acceptors (Lipinski definition) is 7. The lowest BCUT2D eigenvalue weighted by molar-refractivity contribution is -0.0927. The fourth-order valence-corrected chi connectivity index (χ4v) is 2.37. The largest absolute Gasteiger partial charge is 0.470 e. The molecule has 20 heavy (non-hydrogen) atoms. The molecule has 1 aliphatic carbocycles. The molecular formula is C7H14O11P2. The van der Waals surface area contributed by atoms with Crippen LogP contribution < -0.4 is 0 Å². The quantitative estimate of drug-likeness (QED) is 0.209. The lowest BCUT2D eigenvalue weighted by atomic mass is 9.90. The van der Waals surface area contributed by atoms with E-state index >= 15 is 0 Å². The maximum atomic E-state index is 10.7. The molecule has 1 aliphatic rings. The topological polar surface area (TPSA) is 194 Å². The van der Waals surface area contributed by atoms with Crippen molar-refractivity contribution >= 4 is 15.6 Å². The van der Waals surface area contributed by atoms with Crippen LogP contribution in [0.2, 0.25) is 0 Å². The van der Waals surface area contributed by atoms with Gasteiger partial charge in [-0.15, -0.1) is 0 Å². The summed E-state index contributed by atoms with van der Waals surface area (Å²) in [5.74, 6) is 0. The van der Waals surface area contributed by atoms with Crippen LogP contribution in [0.1, 0.15) is 0 Å². The summed E-state index contributed by atoms with van der Waals surface area (Å²) in [6.45, 7) is -0.823. The Morgan fingerprint density at radius 1 is 1.00 bits per heavy atom. The number of aliphatic hydroxyl groups is 3. The van der Waals surface area contributed by atoms with Crippen LogP contribution in [-0.2, 0) is 18.2 Å². The van der Waals surface area contributed by atoms with Gasteiger partial charge in [-0.05, 0) is 11.6 Å². The van der Waals surface area contributed by atoms with Gasteiger partial charge in [0.1, 0.15) is 24.4 Å². The van der Waals surface area contributed by atoms with Gasteiger partial charge in [-0.25, -0.2) is 9.13 Å². The van der Waals surface area contributed by atoms with Gasteiger partial charge in [-0.3, -0.25) is 9.05 Å². The molecular weight excluding hydrogens is 322 g/mol. The molecule has 118 valence electrons. The fourth-order valence-electron chi connectivity index (χ4n) is 1.55. The van der Waals surface area contributed by atoms with Crippen molar-refractivity contribution < 1.29 is 53.1 Å². The van der Waals surface area contributed by atoms with E-state index in [4.69, 9.17) is 19.6 Å². The minimum Gasteiger partial charge on any atom is -0.387 e. The summed E-state index contributed by atoms with van der Waals surface area (Å²) in [7, 11) is -9.83. The average Bonchev–Trinajstić information content (AvgIpc) is 2.25. The van der Waals surface area contributed by atoms with Crippen molar-refractivity contribution in [3.05, 3.63) is 11.6 Å². The maximum Gasteiger partial charge on any atom is 0.470 e. The molecule has 0 amide bonds. The van der Waals surface area contributed by atoms with E-state index in [9.17, 15) is 24.4 Å². The summed E-state index contributed by atoms with van der Waals surface area (Å²) in [6.07, 6.45) is -6.29. The highest BCUT2D eigenvalue weighted by Gasteiger charge is 2.41. The SMILES string of the molecule is O=P(O)(O)OCC1=C[C@@H](OP(=O)(O)O)[C@H](O)[C@@H](O)[C@@H]1O. The predicted octanol–water partition coefficient (Wildman–Crippen LogP) is -2.40. The van der Waals surface area contributed by atoms with Gasteiger partial charge >= 0.3 is 15.6 Å². The third-order valence-electron chi connectivity index (χ3n) is 2.43. The Labute approximate surface area is 112 Å². The fraction of sp³-hybridized carbons (Fsp3) is 0.714. The van der Waals surface area contributed by atoms with Crippen LogP contribution in [0.4, 0.5) is 0 Å². The van der Waals surface area contributed by atoms with Crippen LogP contribution in [0.5, 0.6) is 0 Å². The number of phosphoric ester groups is 2. The first-order valence-electron chi connectivity index (χ1n) is 5.09. The Balaban J connectivity index is 2.92. The van der Waals surface area contributed by atoms with Crippen LogP contribution in [0.25, 0.3) is 0 Å². The first kappa shape index (κ1) is 17.9. The van der Waals surface area contributed by atoms with E-state index in [1.54, 1.807) is 0 Å². The highest BCUT2D eigenvalue weighted by Crippen LogP contribution is 2.41. The monoisotopic (exact) mass is 336 g/mol. The van der Waals surface area contributed by atoms with Crippen molar-refractivity contribution in [3.8, 4) is 0 Å². The van der Waals surface area contributed by atoms with Crippen LogP contribution in [0.3, 0.4) is 0 Å². The smallest absolute Gasteiger partial charge is 0.387 e. The second-order valence-corrected chi connectivity index (χ2v) is 6.42. The Hall–Kier alpha value is -0.160. The molecule has 0 saturated heterocycles. The Morgan fingerprint density at radius 3 is 2.00 bits per heavy atom. The minimum absolute atomic E-state index is 0.301. The van der Waals surface area contributed by atoms with Crippen LogP contribution in [0.15, 0.2) is 11.6 Å². The summed E-state index contributed by atoms with van der Waals surface area (Å²) in [5.41, 5.74) is -0.301. The van der Waals surface area contributed by atoms with Crippen molar-refractivity contribution in [3.63, 3.8) is 0 Å². The molecule has 0 unspecified atom stereocenters. The van der Waals surface area contributed by atoms with E-state index in [-0.39, 0.29) is 5.57 Å². The highest BCUT2D eigenvalue weighted by atomic mass is 31.2. The summed E-state index contributed by atoms with van der Waals surface area (Å²) < 4.78 is 29.5. The van der Waals surface area contributed by atoms with Crippen molar-refractivity contribution in [1.29, 1.82) is 0 Å². The summed E-state index contributed by atoms with van der Waals surface area (Å²) >= 11 is 0. The molecule has 0 aromatic rings. The second kappa shape index (κ2) is 6.30. The number of aliphatic hydroxyl groups excluding tert-OH is 3. The molecule has 0 fully saturated rings. The van der Waals surface area contributed by atoms with Gasteiger partial charge in [0.25, 0.3) is 0 Å². The molecule has 7 N–H and O–H groups in total. The molecule has 1 rings (SSSR count). The predicted molar refractivity (Wildman–Crippen MR) is 61.0 cm³/mol. The first-order chi connectivity index (χ1) is 8.91. The zero-order valence-corrected chi connectivity index (χ0v) is 11.5. The number of rotatable bonds is 5. The summed E-state index contributed by atoms with van der Waals surface area (Å²) in [6, 6.07) is 0. The summed E-state index contributed by atoms with van der Waals surface area (Å²) in [4.78, 5) is 34.3. The minimum atomic E-state index is -4.99. The van der Waals surface area contributed by atoms with E-state index in [1.165, 1.54) is 0 Å². The second-order valence-electron chi connectivity index (χ2n) is 3.99. The van der Waals surface area contributed by atoms with Crippen LogP contribution in [0, 0.1) is 0 Å². The lowest BCUT2D eigenvalue weighted by Gasteiger charge is -2.34. The standard InChI is InChI=1S/C7H14O11P2/c8-5-3(2-17-19(11,12)13)1-4(6(9)7(5)10)18-20(14,15)16/h1,4-10H,2H2,(H2,11,12,13)(H2,14,15,16)/t4-,5-,6+,7+/m1/s1. The third kappa shape index (κ3) is 5.32. The van der Waals surface area contributed by atoms with Crippen molar-refractivity contribution in [2.75, 3.05) is 6.61 Å². The van der Waals surface area contributed by atoms with Crippen molar-refractivity contribution in [2.45, 2.75) is 24.4 Å². The van der Waals surface area contributed by atoms with E-state index in [0.717, 1.165) is 6.08 Å². The zero-order chi connectivity index (χ0) is 15.7. The Bertz CT molecular complexity index is 463. The first-order valence-corrected chi connectivity index (χ1v) is 8.15. The van der Waals surface area contributed by atoms with Gasteiger partial charge in [-0.1, -0.05) is 0 Å². The molecule has 4 atom stereocenters. The van der Waals surface area contributed by atoms with Gasteiger partial charge in [0, 0.05) is 0 Å². The van der Waals surface area contributed by atoms with E-state index in [0.29, 0.717) is 0 Å². The van der Waals surface area contributed by atoms with Gasteiger partial charge in [0.2, 0.25) is 0 Å². The normalized spacial score (nSPS) is 32.0. The maximum absolute atomic E-state index is 10.7. The molecule has 0 spiro atoms. The zero-order valence-electron chi connectivity index (χ0n) is 9.75. The molecule has 0 radical (unpaired) electrons. The van der Waals surface area contributed by atoms with E-state index < -0.39 is 46.7 Å². The molecule has 0 aromatic heterocycles. The molecule has 0 aliphatic heterocycles. The Morgan fingerprint density at radius 2 is 1.55 bits per heavy atom. The molecule has 13 heteroatoms. The van der Waals surface area contributed by atoms with Gasteiger partial charge < -0.3 is 34.9 Å². The van der Waals surface area contributed by atoms with Crippen LogP contribution in [-0.4, -0.2) is 65.9 Å². The average molecular weight is 336 g/mol. The van der Waals surface area contributed by atoms with E-state index in [2.05, 4.69) is 9.05 Å². The van der Waals surface area contributed by atoms with Gasteiger partial charge in [-0.2, -0.15) is 0 Å². The molecule has 0 saturated carbocycles. The third-order valence-corrected chi connectivity index (χ3v) is 3.41. The van der Waals surface area contributed by atoms with Crippen molar-refractivity contribution in [2.24, 2.45) is 0 Å². The molecule has 0 aromatic carbocycles. The highest BCUT2D eigenvalue weighted by molar-refractivity contribution is 7.46. The van der Waals surface area contributed by atoms with Gasteiger partial charge in [0.15, 0.2) is 0 Å². The number of hydrogen-bond donors (Lipinski definition) is 7. The molecule has 0 bridgehead atoms. The van der Waals surface area contributed by atoms with Gasteiger partial charge in [0.05, 0.1) is 6.61 Å². The van der Waals surface area contributed by atoms with Crippen molar-refractivity contribution in [1.82, 2.24) is 0 Å².